The highest BCUT2D eigenvalue weighted by Gasteiger charge is 2.42. The van der Waals surface area contributed by atoms with Gasteiger partial charge in [0.25, 0.3) is 11.8 Å². The highest BCUT2D eigenvalue weighted by Crippen LogP contribution is 2.41. The van der Waals surface area contributed by atoms with E-state index in [1.54, 1.807) is 37.1 Å². The molecule has 1 aliphatic carbocycles. The summed E-state index contributed by atoms with van der Waals surface area (Å²) in [4.78, 5) is 78.7. The Labute approximate surface area is 406 Å². The summed E-state index contributed by atoms with van der Waals surface area (Å²) in [7, 11) is 5.46. The Balaban J connectivity index is 1.15. The third-order valence-electron chi connectivity index (χ3n) is 15.1. The molecule has 3 aliphatic heterocycles. The van der Waals surface area contributed by atoms with Crippen molar-refractivity contribution in [2.45, 2.75) is 117 Å². The maximum absolute atomic E-state index is 14.9. The number of esters is 1. The van der Waals surface area contributed by atoms with Crippen LogP contribution in [0.25, 0.3) is 33.3 Å². The van der Waals surface area contributed by atoms with E-state index >= 15 is 0 Å². The number of cyclic esters (lactones) is 1. The topological polar surface area (TPSA) is 155 Å². The van der Waals surface area contributed by atoms with Crippen LogP contribution in [0.15, 0.2) is 60.8 Å². The summed E-state index contributed by atoms with van der Waals surface area (Å²) in [5.41, 5.74) is 10.5. The number of fused-ring (bicyclic) bond motifs is 6. The van der Waals surface area contributed by atoms with Gasteiger partial charge < -0.3 is 29.2 Å². The number of methoxy groups -OCH3 is 1. The number of carbonyl (C=O) groups is 5. The average molecular weight is 940 g/mol. The Kier molecular flexibility index (Phi) is 15.0. The zero-order valence-electron chi connectivity index (χ0n) is 41.6. The SMILES string of the molecule is CC#CC(=O)N1C[C@@H](CC(=O)N(C)[C@H](C(=O)N[C@H]2Cc3cccc(c3)-c3ccc4c(c3)c(c(-c3cccnc3[C@H](C)OC)n4C)CC(C)(C)COC(=O)[C@@H]3CCCN(N3)C2=O)C2CCCC2)[C@@H](C)C1. The van der Waals surface area contributed by atoms with Gasteiger partial charge in [-0.2, -0.15) is 0 Å². The molecular formula is C55H69N7O7. The van der Waals surface area contributed by atoms with E-state index in [0.29, 0.717) is 38.9 Å². The van der Waals surface area contributed by atoms with Gasteiger partial charge in [-0.25, -0.2) is 5.43 Å². The second-order valence-electron chi connectivity index (χ2n) is 20.7. The fourth-order valence-electron chi connectivity index (χ4n) is 11.2. The molecule has 6 bridgehead atoms. The first-order valence-corrected chi connectivity index (χ1v) is 24.8. The minimum atomic E-state index is -1.02. The number of benzene rings is 2. The van der Waals surface area contributed by atoms with Crippen molar-refractivity contribution >= 4 is 40.5 Å². The van der Waals surface area contributed by atoms with Crippen molar-refractivity contribution in [1.29, 1.82) is 0 Å². The monoisotopic (exact) mass is 940 g/mol. The van der Waals surface area contributed by atoms with Gasteiger partial charge in [0.15, 0.2) is 0 Å². The van der Waals surface area contributed by atoms with E-state index in [4.69, 9.17) is 14.5 Å². The highest BCUT2D eigenvalue weighted by molar-refractivity contribution is 5.96. The molecule has 8 rings (SSSR count). The molecule has 5 heterocycles. The van der Waals surface area contributed by atoms with Crippen molar-refractivity contribution in [3.8, 4) is 34.2 Å². The first-order chi connectivity index (χ1) is 33.1. The van der Waals surface area contributed by atoms with E-state index in [-0.39, 0.29) is 66.9 Å². The Morgan fingerprint density at radius 2 is 1.80 bits per heavy atom. The molecule has 0 spiro atoms. The number of nitrogens with one attached hydrogen (secondary N) is 2. The van der Waals surface area contributed by atoms with Crippen LogP contribution < -0.4 is 10.7 Å². The van der Waals surface area contributed by atoms with Gasteiger partial charge in [-0.15, -0.1) is 0 Å². The molecule has 69 heavy (non-hydrogen) atoms. The number of likely N-dealkylation sites (N-methyl/N-ethyl adjacent to an activating group) is 1. The van der Waals surface area contributed by atoms with Gasteiger partial charge >= 0.3 is 5.97 Å². The van der Waals surface area contributed by atoms with E-state index in [1.807, 2.05) is 32.0 Å². The maximum Gasteiger partial charge on any atom is 0.324 e. The van der Waals surface area contributed by atoms with E-state index in [1.165, 1.54) is 5.01 Å². The second kappa shape index (κ2) is 20.9. The number of ether oxygens (including phenoxy) is 2. The molecule has 0 radical (unpaired) electrons. The molecule has 14 nitrogen and oxygen atoms in total. The predicted octanol–water partition coefficient (Wildman–Crippen LogP) is 6.79. The number of hydrazine groups is 1. The fourth-order valence-corrected chi connectivity index (χ4v) is 11.2. The molecule has 4 amide bonds. The lowest BCUT2D eigenvalue weighted by molar-refractivity contribution is -0.155. The van der Waals surface area contributed by atoms with Gasteiger partial charge in [0.1, 0.15) is 18.1 Å². The van der Waals surface area contributed by atoms with Gasteiger partial charge in [0.2, 0.25) is 11.8 Å². The third-order valence-corrected chi connectivity index (χ3v) is 15.1. The maximum atomic E-state index is 14.9. The van der Waals surface area contributed by atoms with Gasteiger partial charge in [-0.1, -0.05) is 69.9 Å². The molecule has 2 aromatic heterocycles. The summed E-state index contributed by atoms with van der Waals surface area (Å²) < 4.78 is 14.2. The van der Waals surface area contributed by atoms with Crippen LogP contribution in [0.3, 0.4) is 0 Å². The van der Waals surface area contributed by atoms with E-state index in [0.717, 1.165) is 75.8 Å². The van der Waals surface area contributed by atoms with Crippen molar-refractivity contribution in [2.24, 2.45) is 30.2 Å². The van der Waals surface area contributed by atoms with Gasteiger partial charge in [-0.05, 0) is 116 Å². The number of rotatable bonds is 9. The molecular weight excluding hydrogens is 871 g/mol. The Bertz CT molecular complexity index is 2660. The summed E-state index contributed by atoms with van der Waals surface area (Å²) in [6.45, 7) is 11.3. The summed E-state index contributed by atoms with van der Waals surface area (Å²) >= 11 is 0. The lowest BCUT2D eigenvalue weighted by atomic mass is 9.84. The third kappa shape index (κ3) is 10.6. The van der Waals surface area contributed by atoms with E-state index < -0.39 is 29.5 Å². The van der Waals surface area contributed by atoms with Crippen molar-refractivity contribution in [3.63, 3.8) is 0 Å². The number of amides is 4. The van der Waals surface area contributed by atoms with Crippen LogP contribution in [0.5, 0.6) is 0 Å². The van der Waals surface area contributed by atoms with Crippen molar-refractivity contribution < 1.29 is 33.4 Å². The summed E-state index contributed by atoms with van der Waals surface area (Å²) in [6, 6.07) is 16.0. The quantitative estimate of drug-likeness (QED) is 0.136. The molecule has 14 heteroatoms. The average Bonchev–Trinajstić information content (AvgIpc) is 4.07. The number of pyridine rings is 1. The first kappa shape index (κ1) is 49.4. The van der Waals surface area contributed by atoms with Crippen LogP contribution in [-0.4, -0.2) is 112 Å². The predicted molar refractivity (Wildman–Crippen MR) is 265 cm³/mol. The molecule has 2 aromatic carbocycles. The normalized spacial score (nSPS) is 22.8. The first-order valence-electron chi connectivity index (χ1n) is 24.8. The van der Waals surface area contributed by atoms with E-state index in [2.05, 4.69) is 84.4 Å². The zero-order valence-corrected chi connectivity index (χ0v) is 41.6. The van der Waals surface area contributed by atoms with Crippen LogP contribution in [0.2, 0.25) is 0 Å². The van der Waals surface area contributed by atoms with Crippen LogP contribution in [0.1, 0.15) is 102 Å². The van der Waals surface area contributed by atoms with Gasteiger partial charge in [0.05, 0.1) is 24.1 Å². The standard InChI is InChI=1S/C55H69N7O7/c1-9-15-47(63)61-31-34(2)40(32-61)29-48(64)60(7)50(37-17-10-11-18-37)52(65)57-45-27-36-16-12-19-38(26-36)39-22-23-46-42(28-39)43(51(59(46)6)41-20-13-24-56-49(41)35(3)68-8)30-55(4,5)33-69-54(67)44-21-14-25-62(58-44)53(45)66/h12-13,16,19-20,22-24,26,28,34-35,37,40,44-45,50,58H,10-11,14,17-18,21,25,27,29-33H2,1-8H3,(H,57,65)/t34-,35-,40+,44-,45-,50-/m0/s1. The number of aryl methyl sites for hydroxylation is 1. The number of aromatic nitrogens is 2. The van der Waals surface area contributed by atoms with Crippen LogP contribution >= 0.6 is 0 Å². The molecule has 4 aromatic rings. The summed E-state index contributed by atoms with van der Waals surface area (Å²) in [5, 5.41) is 5.71. The molecule has 366 valence electrons. The zero-order chi connectivity index (χ0) is 49.1. The molecule has 0 unspecified atom stereocenters. The molecule has 2 N–H and O–H groups in total. The van der Waals surface area contributed by atoms with Crippen molar-refractivity contribution in [1.82, 2.24) is 35.1 Å². The van der Waals surface area contributed by atoms with E-state index in [9.17, 15) is 24.0 Å². The molecule has 3 fully saturated rings. The van der Waals surface area contributed by atoms with Gasteiger partial charge in [0, 0.05) is 81.8 Å². The summed E-state index contributed by atoms with van der Waals surface area (Å²) in [5.74, 6) is 3.63. The molecule has 2 saturated heterocycles. The number of hydrogen-bond acceptors (Lipinski definition) is 9. The lowest BCUT2D eigenvalue weighted by Crippen LogP contribution is -2.62. The summed E-state index contributed by atoms with van der Waals surface area (Å²) in [6.07, 6.45) is 6.99. The molecule has 6 atom stereocenters. The second-order valence-corrected chi connectivity index (χ2v) is 20.7. The lowest BCUT2D eigenvalue weighted by Gasteiger charge is -2.37. The number of carbonyl (C=O) groups excluding carboxylic acids is 5. The van der Waals surface area contributed by atoms with Crippen molar-refractivity contribution in [3.05, 3.63) is 77.6 Å². The molecule has 4 aliphatic rings. The Hall–Kier alpha value is -6.04. The fraction of sp³-hybridized carbons (Fsp3) is 0.527. The van der Waals surface area contributed by atoms with Crippen molar-refractivity contribution in [2.75, 3.05) is 40.4 Å². The number of likely N-dealkylation sites (tertiary alicyclic amines) is 1. The Morgan fingerprint density at radius 1 is 1.03 bits per heavy atom. The number of hydrogen-bond donors (Lipinski definition) is 2. The van der Waals surface area contributed by atoms with Crippen LogP contribution in [-0.2, 0) is 53.3 Å². The minimum Gasteiger partial charge on any atom is -0.464 e. The van der Waals surface area contributed by atoms with Crippen LogP contribution in [0, 0.1) is 35.0 Å². The molecule has 1 saturated carbocycles. The largest absolute Gasteiger partial charge is 0.464 e. The minimum absolute atomic E-state index is 0.0729. The smallest absolute Gasteiger partial charge is 0.324 e. The highest BCUT2D eigenvalue weighted by atomic mass is 16.5. The number of nitrogens with zero attached hydrogens (tertiary/aromatic N) is 5. The van der Waals surface area contributed by atoms with Crippen LogP contribution in [0.4, 0.5) is 0 Å². The Morgan fingerprint density at radius 3 is 2.55 bits per heavy atom. The van der Waals surface area contributed by atoms with Gasteiger partial charge in [-0.3, -0.25) is 34.0 Å².